The molecule has 0 bridgehead atoms. The van der Waals surface area contributed by atoms with Crippen LogP contribution in [0.2, 0.25) is 5.02 Å². The second-order valence-corrected chi connectivity index (χ2v) is 7.06. The van der Waals surface area contributed by atoms with E-state index in [0.717, 1.165) is 28.8 Å². The SMILES string of the molecule is CCc1ccccc1NC(=O)CC1C(=O)Nc2c(-c3ccc(Cl)cc3)cnn21. The van der Waals surface area contributed by atoms with Crippen LogP contribution < -0.4 is 10.6 Å². The first-order chi connectivity index (χ1) is 13.6. The fraction of sp³-hybridized carbons (Fsp3) is 0.190. The van der Waals surface area contributed by atoms with Gasteiger partial charge in [-0.15, -0.1) is 0 Å². The van der Waals surface area contributed by atoms with Crippen molar-refractivity contribution in [3.63, 3.8) is 0 Å². The van der Waals surface area contributed by atoms with Crippen molar-refractivity contribution >= 4 is 34.9 Å². The van der Waals surface area contributed by atoms with E-state index in [9.17, 15) is 9.59 Å². The molecule has 2 amide bonds. The van der Waals surface area contributed by atoms with Gasteiger partial charge in [-0.05, 0) is 35.7 Å². The third-order valence-electron chi connectivity index (χ3n) is 4.84. The molecule has 0 spiro atoms. The molecule has 6 nitrogen and oxygen atoms in total. The van der Waals surface area contributed by atoms with Crippen LogP contribution in [0.4, 0.5) is 11.5 Å². The number of anilines is 2. The molecule has 1 aliphatic rings. The van der Waals surface area contributed by atoms with Crippen molar-refractivity contribution in [2.24, 2.45) is 0 Å². The monoisotopic (exact) mass is 394 g/mol. The number of halogens is 1. The van der Waals surface area contributed by atoms with Crippen LogP contribution in [0.15, 0.2) is 54.7 Å². The summed E-state index contributed by atoms with van der Waals surface area (Å²) >= 11 is 5.95. The van der Waals surface area contributed by atoms with Gasteiger partial charge in [0.2, 0.25) is 5.91 Å². The predicted molar refractivity (Wildman–Crippen MR) is 109 cm³/mol. The highest BCUT2D eigenvalue weighted by molar-refractivity contribution is 6.30. The van der Waals surface area contributed by atoms with Gasteiger partial charge in [0.15, 0.2) is 0 Å². The van der Waals surface area contributed by atoms with Crippen molar-refractivity contribution in [2.45, 2.75) is 25.8 Å². The molecule has 1 aliphatic heterocycles. The molecule has 2 heterocycles. The van der Waals surface area contributed by atoms with Gasteiger partial charge in [0, 0.05) is 16.3 Å². The number of carbonyl (C=O) groups excluding carboxylic acids is 2. The summed E-state index contributed by atoms with van der Waals surface area (Å²) in [6.07, 6.45) is 2.52. The molecule has 7 heteroatoms. The standard InChI is InChI=1S/C21H19ClN4O2/c1-2-13-5-3-4-6-17(13)24-19(27)11-18-21(28)25-20-16(12-23-26(18)20)14-7-9-15(22)10-8-14/h3-10,12,18H,2,11H2,1H3,(H,24,27)(H,25,28). The van der Waals surface area contributed by atoms with E-state index >= 15 is 0 Å². The van der Waals surface area contributed by atoms with E-state index < -0.39 is 6.04 Å². The summed E-state index contributed by atoms with van der Waals surface area (Å²) in [5, 5.41) is 10.7. The van der Waals surface area contributed by atoms with E-state index in [4.69, 9.17) is 11.6 Å². The van der Waals surface area contributed by atoms with Crippen molar-refractivity contribution in [1.82, 2.24) is 9.78 Å². The zero-order chi connectivity index (χ0) is 19.7. The van der Waals surface area contributed by atoms with E-state index in [2.05, 4.69) is 15.7 Å². The first-order valence-electron chi connectivity index (χ1n) is 9.09. The number of aromatic nitrogens is 2. The number of amides is 2. The quantitative estimate of drug-likeness (QED) is 0.677. The number of nitrogens with zero attached hydrogens (tertiary/aromatic N) is 2. The lowest BCUT2D eigenvalue weighted by Gasteiger charge is -2.12. The summed E-state index contributed by atoms with van der Waals surface area (Å²) < 4.78 is 1.58. The molecule has 2 N–H and O–H groups in total. The summed E-state index contributed by atoms with van der Waals surface area (Å²) in [5.41, 5.74) is 3.52. The molecule has 0 aliphatic carbocycles. The van der Waals surface area contributed by atoms with Crippen LogP contribution in [0.25, 0.3) is 11.1 Å². The maximum Gasteiger partial charge on any atom is 0.251 e. The van der Waals surface area contributed by atoms with E-state index in [1.54, 1.807) is 23.0 Å². The van der Waals surface area contributed by atoms with E-state index in [0.29, 0.717) is 10.8 Å². The zero-order valence-corrected chi connectivity index (χ0v) is 16.0. The van der Waals surface area contributed by atoms with Crippen molar-refractivity contribution in [1.29, 1.82) is 0 Å². The molecule has 2 aromatic carbocycles. The van der Waals surface area contributed by atoms with Crippen LogP contribution in [-0.4, -0.2) is 21.6 Å². The number of aryl methyl sites for hydroxylation is 1. The Hall–Kier alpha value is -3.12. The van der Waals surface area contributed by atoms with Gasteiger partial charge in [-0.1, -0.05) is 48.9 Å². The topological polar surface area (TPSA) is 76.0 Å². The number of rotatable bonds is 5. The smallest absolute Gasteiger partial charge is 0.251 e. The normalized spacial score (nSPS) is 15.2. The van der Waals surface area contributed by atoms with Crippen LogP contribution in [0.5, 0.6) is 0 Å². The van der Waals surface area contributed by atoms with Crippen LogP contribution in [0, 0.1) is 0 Å². The predicted octanol–water partition coefficient (Wildman–Crippen LogP) is 4.29. The van der Waals surface area contributed by atoms with Crippen molar-refractivity contribution < 1.29 is 9.59 Å². The molecule has 0 radical (unpaired) electrons. The lowest BCUT2D eigenvalue weighted by molar-refractivity contribution is -0.123. The van der Waals surface area contributed by atoms with Crippen LogP contribution in [-0.2, 0) is 16.0 Å². The molecule has 0 saturated heterocycles. The maximum absolute atomic E-state index is 12.6. The fourth-order valence-corrected chi connectivity index (χ4v) is 3.51. The number of carbonyl (C=O) groups is 2. The second kappa shape index (κ2) is 7.48. The highest BCUT2D eigenvalue weighted by Crippen LogP contribution is 2.36. The molecule has 28 heavy (non-hydrogen) atoms. The highest BCUT2D eigenvalue weighted by atomic mass is 35.5. The van der Waals surface area contributed by atoms with Crippen LogP contribution >= 0.6 is 11.6 Å². The van der Waals surface area contributed by atoms with Gasteiger partial charge in [-0.25, -0.2) is 4.68 Å². The van der Waals surface area contributed by atoms with Crippen molar-refractivity contribution in [2.75, 3.05) is 10.6 Å². The van der Waals surface area contributed by atoms with Gasteiger partial charge in [-0.2, -0.15) is 5.10 Å². The Balaban J connectivity index is 1.54. The molecule has 4 rings (SSSR count). The van der Waals surface area contributed by atoms with Gasteiger partial charge in [0.1, 0.15) is 11.9 Å². The molecule has 3 aromatic rings. The fourth-order valence-electron chi connectivity index (χ4n) is 3.38. The summed E-state index contributed by atoms with van der Waals surface area (Å²) in [6.45, 7) is 2.03. The Morgan fingerprint density at radius 3 is 2.71 bits per heavy atom. The minimum absolute atomic E-state index is 0.0125. The van der Waals surface area contributed by atoms with Crippen molar-refractivity contribution in [3.05, 3.63) is 65.3 Å². The number of nitrogens with one attached hydrogen (secondary N) is 2. The Bertz CT molecular complexity index is 1040. The number of hydrogen-bond donors (Lipinski definition) is 2. The summed E-state index contributed by atoms with van der Waals surface area (Å²) in [7, 11) is 0. The lowest BCUT2D eigenvalue weighted by Crippen LogP contribution is -2.23. The number of para-hydroxylation sites is 1. The molecule has 1 atom stereocenters. The summed E-state index contributed by atoms with van der Waals surface area (Å²) in [5.74, 6) is 0.133. The van der Waals surface area contributed by atoms with E-state index in [1.165, 1.54) is 0 Å². The van der Waals surface area contributed by atoms with Gasteiger partial charge in [0.25, 0.3) is 5.91 Å². The Morgan fingerprint density at radius 1 is 1.21 bits per heavy atom. The first kappa shape index (κ1) is 18.3. The summed E-state index contributed by atoms with van der Waals surface area (Å²) in [6, 6.07) is 14.3. The van der Waals surface area contributed by atoms with Gasteiger partial charge < -0.3 is 10.6 Å². The van der Waals surface area contributed by atoms with E-state index in [1.807, 2.05) is 43.3 Å². The first-order valence-corrected chi connectivity index (χ1v) is 9.46. The van der Waals surface area contributed by atoms with Gasteiger partial charge in [0.05, 0.1) is 12.6 Å². The van der Waals surface area contributed by atoms with Crippen LogP contribution in [0.3, 0.4) is 0 Å². The third-order valence-corrected chi connectivity index (χ3v) is 5.09. The summed E-state index contributed by atoms with van der Waals surface area (Å²) in [4.78, 5) is 25.0. The van der Waals surface area contributed by atoms with Crippen molar-refractivity contribution in [3.8, 4) is 11.1 Å². The van der Waals surface area contributed by atoms with Gasteiger partial charge in [-0.3, -0.25) is 9.59 Å². The maximum atomic E-state index is 12.6. The minimum Gasteiger partial charge on any atom is -0.326 e. The molecular formula is C21H19ClN4O2. The number of benzene rings is 2. The highest BCUT2D eigenvalue weighted by Gasteiger charge is 2.35. The minimum atomic E-state index is -0.676. The largest absolute Gasteiger partial charge is 0.326 e. The molecule has 1 unspecified atom stereocenters. The Labute approximate surface area is 167 Å². The van der Waals surface area contributed by atoms with Crippen LogP contribution in [0.1, 0.15) is 24.9 Å². The number of hydrogen-bond acceptors (Lipinski definition) is 3. The molecule has 0 fully saturated rings. The van der Waals surface area contributed by atoms with E-state index in [-0.39, 0.29) is 18.2 Å². The Morgan fingerprint density at radius 2 is 1.96 bits per heavy atom. The number of fused-ring (bicyclic) bond motifs is 1. The zero-order valence-electron chi connectivity index (χ0n) is 15.3. The average Bonchev–Trinajstić information content (AvgIpc) is 3.22. The van der Waals surface area contributed by atoms with Gasteiger partial charge >= 0.3 is 0 Å². The molecule has 142 valence electrons. The Kier molecular flexibility index (Phi) is 4.88. The average molecular weight is 395 g/mol. The third kappa shape index (κ3) is 3.39. The molecule has 0 saturated carbocycles. The molecular weight excluding hydrogens is 376 g/mol. The lowest BCUT2D eigenvalue weighted by atomic mass is 10.1. The molecule has 1 aromatic heterocycles. The second-order valence-electron chi connectivity index (χ2n) is 6.63.